The van der Waals surface area contributed by atoms with Gasteiger partial charge in [-0.2, -0.15) is 0 Å². The van der Waals surface area contributed by atoms with Crippen LogP contribution in [0.1, 0.15) is 0 Å². The number of aromatic nitrogens is 1. The van der Waals surface area contributed by atoms with E-state index in [1.807, 2.05) is 6.07 Å². The Morgan fingerprint density at radius 1 is 0.377 bits per heavy atom. The molecule has 0 saturated carbocycles. The maximum atomic E-state index is 6.45. The molecule has 4 heteroatoms. The van der Waals surface area contributed by atoms with E-state index in [0.717, 1.165) is 59.8 Å². The van der Waals surface area contributed by atoms with Crippen molar-refractivity contribution in [2.24, 2.45) is 0 Å². The van der Waals surface area contributed by atoms with Crippen LogP contribution in [0.15, 0.2) is 199 Å². The van der Waals surface area contributed by atoms with Crippen molar-refractivity contribution in [3.05, 3.63) is 194 Å². The van der Waals surface area contributed by atoms with Crippen LogP contribution in [0.4, 0.5) is 17.1 Å². The Hall–Kier alpha value is -6.75. The molecule has 2 aromatic heterocycles. The van der Waals surface area contributed by atoms with Crippen molar-refractivity contribution in [2.75, 3.05) is 4.90 Å². The lowest BCUT2D eigenvalue weighted by molar-refractivity contribution is 0.669. The van der Waals surface area contributed by atoms with E-state index in [1.165, 1.54) is 33.4 Å². The molecule has 10 rings (SSSR count). The second-order valence-corrected chi connectivity index (χ2v) is 14.3. The first kappa shape index (κ1) is 31.0. The Kier molecular flexibility index (Phi) is 7.67. The Morgan fingerprint density at radius 3 is 1.34 bits per heavy atom. The number of hydrogen-bond acceptors (Lipinski definition) is 4. The van der Waals surface area contributed by atoms with Gasteiger partial charge in [0.1, 0.15) is 16.2 Å². The van der Waals surface area contributed by atoms with Gasteiger partial charge in [-0.3, -0.25) is 0 Å². The molecule has 10 aromatic rings. The van der Waals surface area contributed by atoms with Crippen molar-refractivity contribution in [1.82, 2.24) is 4.98 Å². The molecule has 0 amide bonds. The van der Waals surface area contributed by atoms with Gasteiger partial charge < -0.3 is 9.32 Å². The zero-order valence-electron chi connectivity index (χ0n) is 28.7. The number of nitrogens with zero attached hydrogens (tertiary/aromatic N) is 2. The van der Waals surface area contributed by atoms with Gasteiger partial charge in [-0.15, -0.1) is 11.3 Å². The second-order valence-electron chi connectivity index (χ2n) is 13.2. The van der Waals surface area contributed by atoms with E-state index in [1.54, 1.807) is 11.3 Å². The van der Waals surface area contributed by atoms with Crippen molar-refractivity contribution in [1.29, 1.82) is 0 Å². The molecule has 0 aliphatic rings. The fraction of sp³-hybridized carbons (Fsp3) is 0. The first-order valence-corrected chi connectivity index (χ1v) is 18.6. The van der Waals surface area contributed by atoms with E-state index in [4.69, 9.17) is 9.40 Å². The fourth-order valence-corrected chi connectivity index (χ4v) is 8.18. The smallest absolute Gasteiger partial charge is 0.136 e. The average molecular weight is 697 g/mol. The number of furan rings is 1. The maximum absolute atomic E-state index is 6.45. The highest BCUT2D eigenvalue weighted by Gasteiger charge is 2.18. The summed E-state index contributed by atoms with van der Waals surface area (Å²) in [7, 11) is 0. The molecule has 8 aromatic carbocycles. The molecule has 3 nitrogen and oxygen atoms in total. The summed E-state index contributed by atoms with van der Waals surface area (Å²) >= 11 is 1.70. The minimum atomic E-state index is 0.860. The third-order valence-corrected chi connectivity index (χ3v) is 11.0. The van der Waals surface area contributed by atoms with E-state index >= 15 is 0 Å². The summed E-state index contributed by atoms with van der Waals surface area (Å²) in [5, 5.41) is 3.14. The summed E-state index contributed by atoms with van der Waals surface area (Å²) in [5.74, 6) is 0. The number of thiazole rings is 1. The Balaban J connectivity index is 1.05. The quantitative estimate of drug-likeness (QED) is 0.166. The Bertz CT molecular complexity index is 2840. The van der Waals surface area contributed by atoms with Crippen molar-refractivity contribution in [3.8, 4) is 44.0 Å². The molecular weight excluding hydrogens is 665 g/mol. The van der Waals surface area contributed by atoms with E-state index in [-0.39, 0.29) is 0 Å². The highest BCUT2D eigenvalue weighted by atomic mass is 32.1. The largest absolute Gasteiger partial charge is 0.456 e. The predicted octanol–water partition coefficient (Wildman–Crippen LogP) is 14.3. The summed E-state index contributed by atoms with van der Waals surface area (Å²) in [6.07, 6.45) is 0. The third-order valence-electron chi connectivity index (χ3n) is 9.93. The van der Waals surface area contributed by atoms with Crippen LogP contribution in [-0.2, 0) is 0 Å². The van der Waals surface area contributed by atoms with Gasteiger partial charge in [-0.1, -0.05) is 140 Å². The van der Waals surface area contributed by atoms with Gasteiger partial charge in [-0.05, 0) is 81.9 Å². The first-order valence-electron chi connectivity index (χ1n) is 17.8. The number of rotatable bonds is 7. The second kappa shape index (κ2) is 13.1. The summed E-state index contributed by atoms with van der Waals surface area (Å²) in [6, 6.07) is 68.7. The summed E-state index contributed by atoms with van der Waals surface area (Å²) in [5.41, 5.74) is 14.2. The molecule has 0 fully saturated rings. The van der Waals surface area contributed by atoms with Gasteiger partial charge in [0.05, 0.1) is 10.2 Å². The molecule has 0 aliphatic heterocycles. The molecular formula is C49H32N2OS. The maximum Gasteiger partial charge on any atom is 0.136 e. The van der Waals surface area contributed by atoms with E-state index in [2.05, 4.69) is 193 Å². The SMILES string of the molecule is c1ccc(-c2ccc(-c3ccc(N(c4ccc(-c5ccccc5)cc4)c4ccc5oc6cc7sc(-c8ccccc8)nc7cc6c5c4)cc3)cc2)cc1. The number of anilines is 3. The zero-order valence-corrected chi connectivity index (χ0v) is 29.5. The predicted molar refractivity (Wildman–Crippen MR) is 223 cm³/mol. The molecule has 53 heavy (non-hydrogen) atoms. The van der Waals surface area contributed by atoms with Crippen LogP contribution in [0.3, 0.4) is 0 Å². The van der Waals surface area contributed by atoms with Gasteiger partial charge in [-0.25, -0.2) is 4.98 Å². The van der Waals surface area contributed by atoms with E-state index in [9.17, 15) is 0 Å². The van der Waals surface area contributed by atoms with Gasteiger partial charge in [0.2, 0.25) is 0 Å². The highest BCUT2D eigenvalue weighted by molar-refractivity contribution is 7.21. The number of benzene rings is 8. The standard InChI is InChI=1S/C49H32N2OS/c1-4-10-33(11-5-1)35-16-18-36(19-17-35)38-22-26-41(27-23-38)51(40-24-20-37(21-25-40)34-12-6-2-7-13-34)42-28-29-46-43(30-42)44-31-45-48(32-47(44)52-46)53-49(50-45)39-14-8-3-9-15-39/h1-32H. The molecule has 250 valence electrons. The van der Waals surface area contributed by atoms with Crippen molar-refractivity contribution in [2.45, 2.75) is 0 Å². The lowest BCUT2D eigenvalue weighted by Crippen LogP contribution is -2.09. The fourth-order valence-electron chi connectivity index (χ4n) is 7.20. The van der Waals surface area contributed by atoms with Gasteiger partial charge in [0, 0.05) is 39.5 Å². The minimum Gasteiger partial charge on any atom is -0.456 e. The van der Waals surface area contributed by atoms with E-state index in [0.29, 0.717) is 0 Å². The van der Waals surface area contributed by atoms with Crippen molar-refractivity contribution < 1.29 is 4.42 Å². The molecule has 0 spiro atoms. The third kappa shape index (κ3) is 5.85. The molecule has 0 radical (unpaired) electrons. The highest BCUT2D eigenvalue weighted by Crippen LogP contribution is 2.42. The molecule has 0 aliphatic carbocycles. The lowest BCUT2D eigenvalue weighted by Gasteiger charge is -2.26. The minimum absolute atomic E-state index is 0.860. The molecule has 0 unspecified atom stereocenters. The molecule has 2 heterocycles. The normalized spacial score (nSPS) is 11.4. The van der Waals surface area contributed by atoms with Crippen LogP contribution >= 0.6 is 11.3 Å². The molecule has 0 saturated heterocycles. The summed E-state index contributed by atoms with van der Waals surface area (Å²) in [6.45, 7) is 0. The zero-order chi connectivity index (χ0) is 35.1. The summed E-state index contributed by atoms with van der Waals surface area (Å²) < 4.78 is 7.56. The van der Waals surface area contributed by atoms with Crippen LogP contribution in [-0.4, -0.2) is 4.98 Å². The van der Waals surface area contributed by atoms with E-state index < -0.39 is 0 Å². The molecule has 0 N–H and O–H groups in total. The first-order chi connectivity index (χ1) is 26.2. The van der Waals surface area contributed by atoms with Gasteiger partial charge >= 0.3 is 0 Å². The van der Waals surface area contributed by atoms with Crippen LogP contribution in [0.5, 0.6) is 0 Å². The summed E-state index contributed by atoms with van der Waals surface area (Å²) in [4.78, 5) is 7.35. The van der Waals surface area contributed by atoms with Crippen molar-refractivity contribution in [3.63, 3.8) is 0 Å². The molecule has 0 bridgehead atoms. The Morgan fingerprint density at radius 2 is 0.811 bits per heavy atom. The Labute approximate surface area is 311 Å². The lowest BCUT2D eigenvalue weighted by atomic mass is 10.00. The van der Waals surface area contributed by atoms with Crippen molar-refractivity contribution >= 4 is 60.6 Å². The van der Waals surface area contributed by atoms with Crippen LogP contribution in [0.25, 0.3) is 76.1 Å². The van der Waals surface area contributed by atoms with Crippen LogP contribution in [0.2, 0.25) is 0 Å². The van der Waals surface area contributed by atoms with Crippen LogP contribution in [0, 0.1) is 0 Å². The number of fused-ring (bicyclic) bond motifs is 4. The molecule has 0 atom stereocenters. The monoisotopic (exact) mass is 696 g/mol. The average Bonchev–Trinajstić information content (AvgIpc) is 3.82. The van der Waals surface area contributed by atoms with Gasteiger partial charge in [0.25, 0.3) is 0 Å². The van der Waals surface area contributed by atoms with Gasteiger partial charge in [0.15, 0.2) is 0 Å². The topological polar surface area (TPSA) is 29.3 Å². The van der Waals surface area contributed by atoms with Crippen LogP contribution < -0.4 is 4.90 Å². The number of hydrogen-bond donors (Lipinski definition) is 0.